The molecule has 1 fully saturated rings. The predicted octanol–water partition coefficient (Wildman–Crippen LogP) is 3.71. The van der Waals surface area contributed by atoms with E-state index in [9.17, 15) is 9.90 Å². The first kappa shape index (κ1) is 21.5. The number of piperazine rings is 1. The molecule has 154 valence electrons. The molecular weight excluding hydrogens is 409 g/mol. The largest absolute Gasteiger partial charge is 0.390 e. The van der Waals surface area contributed by atoms with Crippen molar-refractivity contribution in [1.82, 2.24) is 4.90 Å². The molecule has 1 aliphatic heterocycles. The molecule has 0 spiro atoms. The van der Waals surface area contributed by atoms with Crippen LogP contribution in [0.2, 0.25) is 5.02 Å². The van der Waals surface area contributed by atoms with Crippen molar-refractivity contribution in [2.75, 3.05) is 48.8 Å². The molecule has 1 amide bonds. The minimum Gasteiger partial charge on any atom is -0.390 e. The summed E-state index contributed by atoms with van der Waals surface area (Å²) in [5.74, 6) is 0.208. The molecule has 2 aromatic carbocycles. The highest BCUT2D eigenvalue weighted by Crippen LogP contribution is 2.29. The number of anilines is 2. The maximum atomic E-state index is 12.4. The van der Waals surface area contributed by atoms with Crippen molar-refractivity contribution in [2.24, 2.45) is 0 Å². The molecule has 29 heavy (non-hydrogen) atoms. The molecule has 7 heteroatoms. The normalized spacial score (nSPS) is 15.6. The highest BCUT2D eigenvalue weighted by molar-refractivity contribution is 6.33. The number of rotatable bonds is 7. The Balaban J connectivity index is 1.53. The Kier molecular flexibility index (Phi) is 7.81. The van der Waals surface area contributed by atoms with E-state index in [0.717, 1.165) is 30.0 Å². The lowest BCUT2D eigenvalue weighted by Gasteiger charge is -2.36. The first-order chi connectivity index (χ1) is 14.1. The standard InChI is InChI=1S/C22H25Cl2N3O2/c23-15-19(28)16-25-18-7-8-21(20(24)14-18)26-10-12-27(13-11-26)22(29)9-6-17-4-2-1-3-5-17/h1-9,14,19,25,28H,10-13,15-16H2. The second-order valence-corrected chi connectivity index (χ2v) is 7.63. The molecule has 3 rings (SSSR count). The Morgan fingerprint density at radius 2 is 1.86 bits per heavy atom. The summed E-state index contributed by atoms with van der Waals surface area (Å²) in [4.78, 5) is 16.5. The SMILES string of the molecule is O=C(C=Cc1ccccc1)N1CCN(c2ccc(NCC(O)CCl)cc2Cl)CC1. The number of nitrogens with one attached hydrogen (secondary N) is 1. The lowest BCUT2D eigenvalue weighted by atomic mass is 10.2. The van der Waals surface area contributed by atoms with E-state index in [1.807, 2.05) is 59.5 Å². The summed E-state index contributed by atoms with van der Waals surface area (Å²) in [5.41, 5.74) is 2.79. The molecule has 1 saturated heterocycles. The molecular formula is C22H25Cl2N3O2. The molecule has 0 aromatic heterocycles. The van der Waals surface area contributed by atoms with E-state index in [1.54, 1.807) is 6.08 Å². The van der Waals surface area contributed by atoms with Gasteiger partial charge >= 0.3 is 0 Å². The van der Waals surface area contributed by atoms with Gasteiger partial charge in [0.2, 0.25) is 5.91 Å². The van der Waals surface area contributed by atoms with Crippen molar-refractivity contribution in [3.05, 3.63) is 65.2 Å². The van der Waals surface area contributed by atoms with Gasteiger partial charge in [-0.25, -0.2) is 0 Å². The second kappa shape index (κ2) is 10.5. The van der Waals surface area contributed by atoms with Gasteiger partial charge < -0.3 is 20.2 Å². The summed E-state index contributed by atoms with van der Waals surface area (Å²) >= 11 is 12.1. The average molecular weight is 434 g/mol. The summed E-state index contributed by atoms with van der Waals surface area (Å²) in [5, 5.41) is 13.3. The molecule has 5 nitrogen and oxygen atoms in total. The Bertz CT molecular complexity index is 837. The fourth-order valence-corrected chi connectivity index (χ4v) is 3.58. The molecule has 1 atom stereocenters. The monoisotopic (exact) mass is 433 g/mol. The summed E-state index contributed by atoms with van der Waals surface area (Å²) < 4.78 is 0. The zero-order chi connectivity index (χ0) is 20.6. The van der Waals surface area contributed by atoms with Crippen LogP contribution in [0.5, 0.6) is 0 Å². The van der Waals surface area contributed by atoms with Gasteiger partial charge in [-0.3, -0.25) is 4.79 Å². The van der Waals surface area contributed by atoms with Crippen LogP contribution >= 0.6 is 23.2 Å². The van der Waals surface area contributed by atoms with Crippen LogP contribution in [-0.4, -0.2) is 60.6 Å². The van der Waals surface area contributed by atoms with Crippen LogP contribution in [0.1, 0.15) is 5.56 Å². The molecule has 0 bridgehead atoms. The van der Waals surface area contributed by atoms with E-state index in [0.29, 0.717) is 24.7 Å². The van der Waals surface area contributed by atoms with Gasteiger partial charge in [-0.05, 0) is 29.8 Å². The average Bonchev–Trinajstić information content (AvgIpc) is 2.76. The second-order valence-electron chi connectivity index (χ2n) is 6.91. The number of benzene rings is 2. The lowest BCUT2D eigenvalue weighted by Crippen LogP contribution is -2.48. The van der Waals surface area contributed by atoms with Crippen molar-refractivity contribution in [3.8, 4) is 0 Å². The number of carbonyl (C=O) groups excluding carboxylic acids is 1. The molecule has 1 heterocycles. The highest BCUT2D eigenvalue weighted by atomic mass is 35.5. The van der Waals surface area contributed by atoms with Gasteiger partial charge in [0.25, 0.3) is 0 Å². The minimum atomic E-state index is -0.600. The topological polar surface area (TPSA) is 55.8 Å². The summed E-state index contributed by atoms with van der Waals surface area (Å²) in [7, 11) is 0. The zero-order valence-electron chi connectivity index (χ0n) is 16.1. The highest BCUT2D eigenvalue weighted by Gasteiger charge is 2.21. The fourth-order valence-electron chi connectivity index (χ4n) is 3.17. The van der Waals surface area contributed by atoms with Gasteiger partial charge in [0.05, 0.1) is 22.7 Å². The Labute approximate surface area is 181 Å². The van der Waals surface area contributed by atoms with E-state index >= 15 is 0 Å². The van der Waals surface area contributed by atoms with E-state index in [2.05, 4.69) is 10.2 Å². The number of amides is 1. The summed E-state index contributed by atoms with van der Waals surface area (Å²) in [6, 6.07) is 15.5. The number of aliphatic hydroxyl groups excluding tert-OH is 1. The van der Waals surface area contributed by atoms with Crippen LogP contribution in [0.25, 0.3) is 6.08 Å². The Morgan fingerprint density at radius 1 is 1.14 bits per heavy atom. The van der Waals surface area contributed by atoms with Gasteiger partial charge in [0, 0.05) is 44.5 Å². The van der Waals surface area contributed by atoms with Crippen molar-refractivity contribution in [1.29, 1.82) is 0 Å². The number of alkyl halides is 1. The predicted molar refractivity (Wildman–Crippen MR) is 121 cm³/mol. The first-order valence-electron chi connectivity index (χ1n) is 9.61. The van der Waals surface area contributed by atoms with Gasteiger partial charge in [0.15, 0.2) is 0 Å². The van der Waals surface area contributed by atoms with Crippen molar-refractivity contribution < 1.29 is 9.90 Å². The zero-order valence-corrected chi connectivity index (χ0v) is 17.6. The van der Waals surface area contributed by atoms with E-state index in [4.69, 9.17) is 23.2 Å². The maximum Gasteiger partial charge on any atom is 0.246 e. The number of halogens is 2. The summed E-state index contributed by atoms with van der Waals surface area (Å²) in [6.07, 6.45) is 2.88. The van der Waals surface area contributed by atoms with Crippen LogP contribution in [0.4, 0.5) is 11.4 Å². The molecule has 0 saturated carbocycles. The van der Waals surface area contributed by atoms with Crippen molar-refractivity contribution in [3.63, 3.8) is 0 Å². The van der Waals surface area contributed by atoms with Crippen LogP contribution < -0.4 is 10.2 Å². The molecule has 2 aromatic rings. The number of hydrogen-bond acceptors (Lipinski definition) is 4. The van der Waals surface area contributed by atoms with E-state index < -0.39 is 6.10 Å². The number of aliphatic hydroxyl groups is 1. The molecule has 0 aliphatic carbocycles. The molecule has 0 radical (unpaired) electrons. The van der Waals surface area contributed by atoms with E-state index in [1.165, 1.54) is 0 Å². The van der Waals surface area contributed by atoms with Crippen LogP contribution in [0.15, 0.2) is 54.6 Å². The fraction of sp³-hybridized carbons (Fsp3) is 0.318. The Morgan fingerprint density at radius 3 is 2.52 bits per heavy atom. The van der Waals surface area contributed by atoms with Gasteiger partial charge in [-0.2, -0.15) is 0 Å². The first-order valence-corrected chi connectivity index (χ1v) is 10.5. The van der Waals surface area contributed by atoms with Gasteiger partial charge in [0.1, 0.15) is 0 Å². The lowest BCUT2D eigenvalue weighted by molar-refractivity contribution is -0.126. The molecule has 2 N–H and O–H groups in total. The molecule has 1 aliphatic rings. The van der Waals surface area contributed by atoms with Gasteiger partial charge in [-0.1, -0.05) is 41.9 Å². The van der Waals surface area contributed by atoms with Crippen molar-refractivity contribution >= 4 is 46.6 Å². The number of nitrogens with zero attached hydrogens (tertiary/aromatic N) is 2. The molecule has 1 unspecified atom stereocenters. The van der Waals surface area contributed by atoms with Crippen molar-refractivity contribution in [2.45, 2.75) is 6.10 Å². The minimum absolute atomic E-state index is 0.0250. The smallest absolute Gasteiger partial charge is 0.246 e. The van der Waals surface area contributed by atoms with Crippen LogP contribution in [0.3, 0.4) is 0 Å². The maximum absolute atomic E-state index is 12.4. The van der Waals surface area contributed by atoms with Gasteiger partial charge in [-0.15, -0.1) is 11.6 Å². The quantitative estimate of drug-likeness (QED) is 0.516. The number of carbonyl (C=O) groups is 1. The number of hydrogen-bond donors (Lipinski definition) is 2. The van der Waals surface area contributed by atoms with E-state index in [-0.39, 0.29) is 11.8 Å². The Hall–Kier alpha value is -2.21. The van der Waals surface area contributed by atoms with Crippen LogP contribution in [0, 0.1) is 0 Å². The van der Waals surface area contributed by atoms with Crippen LogP contribution in [-0.2, 0) is 4.79 Å². The third-order valence-corrected chi connectivity index (χ3v) is 5.48. The third-order valence-electron chi connectivity index (χ3n) is 4.82. The third kappa shape index (κ3) is 6.13. The summed E-state index contributed by atoms with van der Waals surface area (Å²) in [6.45, 7) is 3.12.